The lowest BCUT2D eigenvalue weighted by Gasteiger charge is -2.27. The van der Waals surface area contributed by atoms with Crippen LogP contribution in [-0.4, -0.2) is 0 Å². The number of nitrogens with zero attached hydrogens (tertiary/aromatic N) is 1. The normalized spacial score (nSPS) is 11.5. The Morgan fingerprint density at radius 1 is 0.308 bits per heavy atom. The number of benzene rings is 9. The van der Waals surface area contributed by atoms with Gasteiger partial charge in [0.05, 0.1) is 0 Å². The van der Waals surface area contributed by atoms with E-state index in [-0.39, 0.29) is 0 Å². The van der Waals surface area contributed by atoms with Crippen molar-refractivity contribution in [2.75, 3.05) is 4.90 Å². The third-order valence-electron chi connectivity index (χ3n) is 10.2. The van der Waals surface area contributed by atoms with Crippen molar-refractivity contribution in [3.05, 3.63) is 200 Å². The van der Waals surface area contributed by atoms with Crippen molar-refractivity contribution in [1.82, 2.24) is 0 Å². The van der Waals surface area contributed by atoms with Crippen LogP contribution in [0.3, 0.4) is 0 Å². The molecule has 9 aromatic carbocycles. The summed E-state index contributed by atoms with van der Waals surface area (Å²) in [7, 11) is 0. The summed E-state index contributed by atoms with van der Waals surface area (Å²) in [6, 6.07) is 71.8. The summed E-state index contributed by atoms with van der Waals surface area (Å²) in [6.07, 6.45) is 0. The van der Waals surface area contributed by atoms with Gasteiger partial charge in [-0.05, 0) is 116 Å². The zero-order valence-electron chi connectivity index (χ0n) is 28.4. The fourth-order valence-corrected chi connectivity index (χ4v) is 7.69. The molecule has 0 aliphatic carbocycles. The topological polar surface area (TPSA) is 16.4 Å². The Bertz CT molecular complexity index is 2890. The van der Waals surface area contributed by atoms with Crippen LogP contribution in [0.5, 0.6) is 0 Å². The van der Waals surface area contributed by atoms with E-state index >= 15 is 0 Å². The molecule has 10 aromatic rings. The molecular formula is C50H33NO. The first-order valence-corrected chi connectivity index (χ1v) is 17.8. The van der Waals surface area contributed by atoms with Gasteiger partial charge in [-0.15, -0.1) is 0 Å². The molecule has 244 valence electrons. The van der Waals surface area contributed by atoms with Crippen LogP contribution < -0.4 is 4.90 Å². The summed E-state index contributed by atoms with van der Waals surface area (Å²) in [5.74, 6) is 0. The molecule has 1 aromatic heterocycles. The fourth-order valence-electron chi connectivity index (χ4n) is 7.69. The van der Waals surface area contributed by atoms with E-state index in [0.29, 0.717) is 0 Å². The molecule has 0 atom stereocenters. The van der Waals surface area contributed by atoms with E-state index in [2.05, 4.69) is 193 Å². The predicted octanol–water partition coefficient (Wildman–Crippen LogP) is 14.4. The lowest BCUT2D eigenvalue weighted by atomic mass is 9.91. The molecule has 0 aliphatic heterocycles. The van der Waals surface area contributed by atoms with E-state index in [1.165, 1.54) is 54.9 Å². The molecule has 10 rings (SSSR count). The molecule has 0 fully saturated rings. The number of hydrogen-bond donors (Lipinski definition) is 0. The molecule has 0 saturated heterocycles. The largest absolute Gasteiger partial charge is 0.456 e. The molecular weight excluding hydrogens is 631 g/mol. The van der Waals surface area contributed by atoms with Crippen molar-refractivity contribution < 1.29 is 4.42 Å². The summed E-state index contributed by atoms with van der Waals surface area (Å²) in [5, 5.41) is 7.20. The van der Waals surface area contributed by atoms with Crippen LogP contribution >= 0.6 is 0 Å². The van der Waals surface area contributed by atoms with E-state index < -0.39 is 0 Å². The molecule has 2 heteroatoms. The Labute approximate surface area is 302 Å². The van der Waals surface area contributed by atoms with Crippen molar-refractivity contribution >= 4 is 60.5 Å². The zero-order valence-corrected chi connectivity index (χ0v) is 28.4. The Morgan fingerprint density at radius 2 is 0.942 bits per heavy atom. The lowest BCUT2D eigenvalue weighted by Crippen LogP contribution is -2.10. The maximum atomic E-state index is 6.27. The van der Waals surface area contributed by atoms with Gasteiger partial charge in [0.1, 0.15) is 11.2 Å². The smallest absolute Gasteiger partial charge is 0.136 e. The maximum absolute atomic E-state index is 6.27. The summed E-state index contributed by atoms with van der Waals surface area (Å²) in [4.78, 5) is 2.35. The second kappa shape index (κ2) is 12.5. The van der Waals surface area contributed by atoms with Crippen LogP contribution in [-0.2, 0) is 0 Å². The fraction of sp³-hybridized carbons (Fsp3) is 0. The average molecular weight is 664 g/mol. The van der Waals surface area contributed by atoms with Gasteiger partial charge in [0, 0.05) is 27.8 Å². The Balaban J connectivity index is 1.12. The highest BCUT2D eigenvalue weighted by Crippen LogP contribution is 2.43. The van der Waals surface area contributed by atoms with E-state index in [1.807, 2.05) is 12.1 Å². The monoisotopic (exact) mass is 663 g/mol. The summed E-state index contributed by atoms with van der Waals surface area (Å²) < 4.78 is 6.27. The molecule has 0 bridgehead atoms. The molecule has 2 nitrogen and oxygen atoms in total. The number of furan rings is 1. The first-order chi connectivity index (χ1) is 25.8. The SMILES string of the molecule is c1ccc(-c2cc(N(c3ccccc3)c3ccc(-c4ccc5ccccc5c4)cc3)ccc2-c2ccc3ccc4oc5ccccc5c4c3c2)cc1. The molecule has 0 N–H and O–H groups in total. The lowest BCUT2D eigenvalue weighted by molar-refractivity contribution is 0.669. The van der Waals surface area contributed by atoms with Gasteiger partial charge >= 0.3 is 0 Å². The van der Waals surface area contributed by atoms with Crippen molar-refractivity contribution in [3.63, 3.8) is 0 Å². The van der Waals surface area contributed by atoms with E-state index in [4.69, 9.17) is 4.42 Å². The number of hydrogen-bond acceptors (Lipinski definition) is 2. The van der Waals surface area contributed by atoms with Gasteiger partial charge in [-0.2, -0.15) is 0 Å². The van der Waals surface area contributed by atoms with Crippen molar-refractivity contribution in [3.8, 4) is 33.4 Å². The van der Waals surface area contributed by atoms with Gasteiger partial charge in [0.2, 0.25) is 0 Å². The first kappa shape index (κ1) is 30.0. The number of para-hydroxylation sites is 2. The predicted molar refractivity (Wildman–Crippen MR) is 220 cm³/mol. The second-order valence-electron chi connectivity index (χ2n) is 13.3. The minimum atomic E-state index is 0.912. The van der Waals surface area contributed by atoms with Crippen molar-refractivity contribution in [2.24, 2.45) is 0 Å². The Hall–Kier alpha value is -6.90. The van der Waals surface area contributed by atoms with Gasteiger partial charge < -0.3 is 9.32 Å². The zero-order chi connectivity index (χ0) is 34.4. The second-order valence-corrected chi connectivity index (χ2v) is 13.3. The summed E-state index contributed by atoms with van der Waals surface area (Å²) >= 11 is 0. The molecule has 0 saturated carbocycles. The van der Waals surface area contributed by atoms with Crippen molar-refractivity contribution in [1.29, 1.82) is 0 Å². The van der Waals surface area contributed by atoms with Crippen LogP contribution in [0.25, 0.3) is 76.9 Å². The third kappa shape index (κ3) is 5.21. The van der Waals surface area contributed by atoms with Crippen LogP contribution in [0.2, 0.25) is 0 Å². The van der Waals surface area contributed by atoms with Gasteiger partial charge in [-0.25, -0.2) is 0 Å². The minimum Gasteiger partial charge on any atom is -0.456 e. The molecule has 0 spiro atoms. The Morgan fingerprint density at radius 3 is 1.79 bits per heavy atom. The van der Waals surface area contributed by atoms with Gasteiger partial charge in [-0.1, -0.05) is 140 Å². The number of rotatable bonds is 6. The van der Waals surface area contributed by atoms with E-state index in [9.17, 15) is 0 Å². The minimum absolute atomic E-state index is 0.912. The highest BCUT2D eigenvalue weighted by molar-refractivity contribution is 6.19. The molecule has 0 radical (unpaired) electrons. The molecule has 52 heavy (non-hydrogen) atoms. The molecule has 0 amide bonds. The van der Waals surface area contributed by atoms with Gasteiger partial charge in [-0.3, -0.25) is 0 Å². The van der Waals surface area contributed by atoms with Crippen LogP contribution in [0.15, 0.2) is 205 Å². The first-order valence-electron chi connectivity index (χ1n) is 17.8. The van der Waals surface area contributed by atoms with Crippen LogP contribution in [0, 0.1) is 0 Å². The summed E-state index contributed by atoms with van der Waals surface area (Å²) in [6.45, 7) is 0. The third-order valence-corrected chi connectivity index (χ3v) is 10.2. The quantitative estimate of drug-likeness (QED) is 0.176. The highest BCUT2D eigenvalue weighted by atomic mass is 16.3. The standard InChI is InChI=1S/C50H33NO/c1-3-12-36(13-4-1)46-33-43(28-29-44(46)40-22-20-37-25-30-49-50(47(37)32-40)45-17-9-10-18-48(45)52-49)51(41-15-5-2-6-16-41)42-26-23-35(24-27-42)39-21-19-34-11-7-8-14-38(34)31-39/h1-33H. The van der Waals surface area contributed by atoms with Crippen LogP contribution in [0.1, 0.15) is 0 Å². The molecule has 0 unspecified atom stereocenters. The van der Waals surface area contributed by atoms with E-state index in [1.54, 1.807) is 0 Å². The Kier molecular flexibility index (Phi) is 7.18. The van der Waals surface area contributed by atoms with Gasteiger partial charge in [0.15, 0.2) is 0 Å². The van der Waals surface area contributed by atoms with Gasteiger partial charge in [0.25, 0.3) is 0 Å². The highest BCUT2D eigenvalue weighted by Gasteiger charge is 2.18. The average Bonchev–Trinajstić information content (AvgIpc) is 3.61. The number of fused-ring (bicyclic) bond motifs is 6. The maximum Gasteiger partial charge on any atom is 0.136 e. The molecule has 1 heterocycles. The number of anilines is 3. The summed E-state index contributed by atoms with van der Waals surface area (Å²) in [5.41, 5.74) is 12.2. The van der Waals surface area contributed by atoms with Crippen molar-refractivity contribution in [2.45, 2.75) is 0 Å². The van der Waals surface area contributed by atoms with Crippen LogP contribution in [0.4, 0.5) is 17.1 Å². The van der Waals surface area contributed by atoms with E-state index in [0.717, 1.165) is 39.0 Å². The molecule has 0 aliphatic rings.